The number of halogens is 2. The summed E-state index contributed by atoms with van der Waals surface area (Å²) >= 11 is 0. The van der Waals surface area contributed by atoms with E-state index in [1.54, 1.807) is 19.1 Å². The fraction of sp³-hybridized carbons (Fsp3) is 0.133. The van der Waals surface area contributed by atoms with Crippen molar-refractivity contribution in [3.8, 4) is 6.07 Å². The van der Waals surface area contributed by atoms with E-state index in [1.165, 1.54) is 24.3 Å². The maximum atomic E-state index is 13.1. The van der Waals surface area contributed by atoms with Crippen LogP contribution in [0.25, 0.3) is 0 Å². The first-order chi connectivity index (χ1) is 9.10. The highest BCUT2D eigenvalue weighted by Gasteiger charge is 2.04. The van der Waals surface area contributed by atoms with E-state index >= 15 is 0 Å². The molecule has 0 saturated heterocycles. The largest absolute Gasteiger partial charge is 0.380 e. The molecule has 96 valence electrons. The zero-order valence-electron chi connectivity index (χ0n) is 10.4. The van der Waals surface area contributed by atoms with Crippen molar-refractivity contribution in [1.29, 1.82) is 5.26 Å². The summed E-state index contributed by atoms with van der Waals surface area (Å²) in [5.74, 6) is -0.692. The van der Waals surface area contributed by atoms with Crippen LogP contribution in [-0.2, 0) is 6.54 Å². The smallest absolute Gasteiger partial charge is 0.126 e. The van der Waals surface area contributed by atoms with E-state index in [-0.39, 0.29) is 11.4 Å². The van der Waals surface area contributed by atoms with Gasteiger partial charge in [0.15, 0.2) is 0 Å². The molecule has 2 aromatic carbocycles. The summed E-state index contributed by atoms with van der Waals surface area (Å²) in [5.41, 5.74) is 2.27. The van der Waals surface area contributed by atoms with Gasteiger partial charge in [-0.3, -0.25) is 0 Å². The number of hydrogen-bond acceptors (Lipinski definition) is 2. The summed E-state index contributed by atoms with van der Waals surface area (Å²) < 4.78 is 26.1. The summed E-state index contributed by atoms with van der Waals surface area (Å²) in [6.07, 6.45) is 0. The molecule has 0 aliphatic carbocycles. The van der Waals surface area contributed by atoms with Gasteiger partial charge in [0.05, 0.1) is 11.3 Å². The fourth-order valence-electron chi connectivity index (χ4n) is 1.78. The Labute approximate surface area is 110 Å². The molecule has 2 rings (SSSR count). The first-order valence-corrected chi connectivity index (χ1v) is 5.78. The highest BCUT2D eigenvalue weighted by Crippen LogP contribution is 2.17. The number of nitrogens with zero attached hydrogens (tertiary/aromatic N) is 1. The molecule has 0 amide bonds. The van der Waals surface area contributed by atoms with Crippen LogP contribution in [0.1, 0.15) is 16.7 Å². The van der Waals surface area contributed by atoms with Crippen molar-refractivity contribution in [2.24, 2.45) is 0 Å². The molecule has 0 radical (unpaired) electrons. The number of benzene rings is 2. The monoisotopic (exact) mass is 258 g/mol. The van der Waals surface area contributed by atoms with Gasteiger partial charge in [0.2, 0.25) is 0 Å². The number of nitriles is 1. The van der Waals surface area contributed by atoms with Crippen LogP contribution in [-0.4, -0.2) is 0 Å². The number of aryl methyl sites for hydroxylation is 1. The minimum absolute atomic E-state index is 0.247. The normalized spacial score (nSPS) is 10.0. The second-order valence-electron chi connectivity index (χ2n) is 4.24. The maximum absolute atomic E-state index is 13.1. The van der Waals surface area contributed by atoms with Crippen molar-refractivity contribution in [3.63, 3.8) is 0 Å². The van der Waals surface area contributed by atoms with E-state index in [0.29, 0.717) is 17.8 Å². The molecule has 0 aliphatic heterocycles. The van der Waals surface area contributed by atoms with Crippen molar-refractivity contribution < 1.29 is 8.78 Å². The number of nitrogens with one attached hydrogen (secondary N) is 1. The predicted octanol–water partition coefficient (Wildman–Crippen LogP) is 3.76. The van der Waals surface area contributed by atoms with Gasteiger partial charge < -0.3 is 5.32 Å². The third-order valence-electron chi connectivity index (χ3n) is 2.81. The van der Waals surface area contributed by atoms with Gasteiger partial charge in [0.25, 0.3) is 0 Å². The third-order valence-corrected chi connectivity index (χ3v) is 2.81. The minimum atomic E-state index is -0.445. The first kappa shape index (κ1) is 13.0. The molecule has 0 aromatic heterocycles. The lowest BCUT2D eigenvalue weighted by Gasteiger charge is -2.09. The highest BCUT2D eigenvalue weighted by atomic mass is 19.1. The van der Waals surface area contributed by atoms with E-state index in [9.17, 15) is 8.78 Å². The van der Waals surface area contributed by atoms with E-state index in [4.69, 9.17) is 5.26 Å². The Morgan fingerprint density at radius 3 is 2.63 bits per heavy atom. The van der Waals surface area contributed by atoms with Gasteiger partial charge in [-0.1, -0.05) is 12.1 Å². The molecule has 1 N–H and O–H groups in total. The molecule has 0 unspecified atom stereocenters. The van der Waals surface area contributed by atoms with Crippen LogP contribution in [0.3, 0.4) is 0 Å². The zero-order chi connectivity index (χ0) is 13.8. The summed E-state index contributed by atoms with van der Waals surface area (Å²) in [6, 6.07) is 10.7. The average molecular weight is 258 g/mol. The molecule has 0 fully saturated rings. The maximum Gasteiger partial charge on any atom is 0.126 e. The molecule has 0 saturated carbocycles. The van der Waals surface area contributed by atoms with Crippen molar-refractivity contribution in [2.45, 2.75) is 13.5 Å². The van der Waals surface area contributed by atoms with Crippen LogP contribution in [0.5, 0.6) is 0 Å². The van der Waals surface area contributed by atoms with Crippen molar-refractivity contribution in [2.75, 3.05) is 5.32 Å². The Morgan fingerprint density at radius 2 is 1.95 bits per heavy atom. The van der Waals surface area contributed by atoms with Gasteiger partial charge in [0, 0.05) is 6.54 Å². The van der Waals surface area contributed by atoms with Gasteiger partial charge >= 0.3 is 0 Å². The fourth-order valence-corrected chi connectivity index (χ4v) is 1.78. The Kier molecular flexibility index (Phi) is 3.76. The van der Waals surface area contributed by atoms with Crippen LogP contribution in [0.15, 0.2) is 36.4 Å². The number of rotatable bonds is 3. The minimum Gasteiger partial charge on any atom is -0.380 e. The average Bonchev–Trinajstić information content (AvgIpc) is 2.41. The quantitative estimate of drug-likeness (QED) is 0.909. The first-order valence-electron chi connectivity index (χ1n) is 5.78. The Hall–Kier alpha value is -2.41. The van der Waals surface area contributed by atoms with Gasteiger partial charge in [0.1, 0.15) is 17.7 Å². The van der Waals surface area contributed by atoms with Crippen molar-refractivity contribution >= 4 is 5.69 Å². The Morgan fingerprint density at radius 1 is 1.16 bits per heavy atom. The molecule has 0 atom stereocenters. The molecule has 2 nitrogen and oxygen atoms in total. The predicted molar refractivity (Wildman–Crippen MR) is 69.6 cm³/mol. The lowest BCUT2D eigenvalue weighted by molar-refractivity contribution is 0.617. The molecule has 2 aromatic rings. The Bertz CT molecular complexity index is 645. The lowest BCUT2D eigenvalue weighted by atomic mass is 10.1. The third kappa shape index (κ3) is 3.08. The van der Waals surface area contributed by atoms with Crippen LogP contribution in [0.2, 0.25) is 0 Å². The molecule has 0 bridgehead atoms. The lowest BCUT2D eigenvalue weighted by Crippen LogP contribution is -2.02. The summed E-state index contributed by atoms with van der Waals surface area (Å²) in [5, 5.41) is 12.0. The van der Waals surface area contributed by atoms with E-state index in [1.807, 2.05) is 6.07 Å². The van der Waals surface area contributed by atoms with Crippen LogP contribution in [0, 0.1) is 29.9 Å². The van der Waals surface area contributed by atoms with E-state index in [0.717, 1.165) is 5.56 Å². The summed E-state index contributed by atoms with van der Waals surface area (Å²) in [6.45, 7) is 2.14. The standard InChI is InChI=1S/C15H12F2N2/c1-10-6-11(2-4-14(10)17)9-19-15-5-3-13(16)7-12(15)8-18/h2-7,19H,9H2,1H3. The highest BCUT2D eigenvalue weighted by molar-refractivity contribution is 5.57. The van der Waals surface area contributed by atoms with Gasteiger partial charge in [-0.2, -0.15) is 5.26 Å². The van der Waals surface area contributed by atoms with E-state index in [2.05, 4.69) is 5.32 Å². The van der Waals surface area contributed by atoms with Crippen molar-refractivity contribution in [3.05, 3.63) is 64.7 Å². The molecule has 0 spiro atoms. The number of hydrogen-bond donors (Lipinski definition) is 1. The number of anilines is 1. The second kappa shape index (κ2) is 5.49. The molecule has 4 heteroatoms. The van der Waals surface area contributed by atoms with Crippen LogP contribution >= 0.6 is 0 Å². The van der Waals surface area contributed by atoms with Gasteiger partial charge in [-0.05, 0) is 42.3 Å². The molecular formula is C15H12F2N2. The molecular weight excluding hydrogens is 246 g/mol. The summed E-state index contributed by atoms with van der Waals surface area (Å²) in [4.78, 5) is 0. The molecule has 0 aliphatic rings. The summed E-state index contributed by atoms with van der Waals surface area (Å²) in [7, 11) is 0. The zero-order valence-corrected chi connectivity index (χ0v) is 10.4. The second-order valence-corrected chi connectivity index (χ2v) is 4.24. The molecule has 0 heterocycles. The topological polar surface area (TPSA) is 35.8 Å². The van der Waals surface area contributed by atoms with Gasteiger partial charge in [-0.25, -0.2) is 8.78 Å². The Balaban J connectivity index is 2.14. The van der Waals surface area contributed by atoms with Crippen molar-refractivity contribution in [1.82, 2.24) is 0 Å². The van der Waals surface area contributed by atoms with Crippen LogP contribution in [0.4, 0.5) is 14.5 Å². The van der Waals surface area contributed by atoms with Crippen LogP contribution < -0.4 is 5.32 Å². The SMILES string of the molecule is Cc1cc(CNc2ccc(F)cc2C#N)ccc1F. The molecule has 19 heavy (non-hydrogen) atoms. The van der Waals surface area contributed by atoms with Gasteiger partial charge in [-0.15, -0.1) is 0 Å². The van der Waals surface area contributed by atoms with E-state index < -0.39 is 5.82 Å².